The van der Waals surface area contributed by atoms with Gasteiger partial charge in [0.25, 0.3) is 0 Å². The van der Waals surface area contributed by atoms with Crippen LogP contribution in [0.1, 0.15) is 91.4 Å². The number of aliphatic hydroxyl groups excluding tert-OH is 1. The molecule has 5 aliphatic rings. The van der Waals surface area contributed by atoms with E-state index in [1.54, 1.807) is 0 Å². The minimum Gasteiger partial charge on any atom is -0.458 e. The molecule has 0 spiro atoms. The fraction of sp³-hybridized carbons (Fsp3) is 0.828. The second-order valence-corrected chi connectivity index (χ2v) is 12.6. The number of ketones is 2. The highest BCUT2D eigenvalue weighted by molar-refractivity contribution is 5.91. The molecule has 0 aromatic rings. The molecule has 1 N–H and O–H groups in total. The number of aliphatic hydroxyl groups is 1. The zero-order chi connectivity index (χ0) is 24.3. The maximum atomic E-state index is 13.4. The Labute approximate surface area is 204 Å². The van der Waals surface area contributed by atoms with Crippen molar-refractivity contribution in [2.45, 2.75) is 97.5 Å². The minimum absolute atomic E-state index is 0.0657. The first-order chi connectivity index (χ1) is 16.2. The van der Waals surface area contributed by atoms with E-state index in [4.69, 9.17) is 4.74 Å². The van der Waals surface area contributed by atoms with Gasteiger partial charge in [-0.25, -0.2) is 0 Å². The van der Waals surface area contributed by atoms with E-state index in [-0.39, 0.29) is 46.8 Å². The van der Waals surface area contributed by atoms with Crippen LogP contribution in [-0.4, -0.2) is 35.4 Å². The Balaban J connectivity index is 1.29. The molecule has 0 aromatic heterocycles. The fourth-order valence-corrected chi connectivity index (χ4v) is 9.28. The van der Waals surface area contributed by atoms with Crippen molar-refractivity contribution < 1.29 is 24.2 Å². The van der Waals surface area contributed by atoms with Gasteiger partial charge in [-0.3, -0.25) is 14.4 Å². The molecule has 4 saturated carbocycles. The van der Waals surface area contributed by atoms with Gasteiger partial charge in [0.2, 0.25) is 0 Å². The van der Waals surface area contributed by atoms with Crippen LogP contribution in [0.3, 0.4) is 0 Å². The van der Waals surface area contributed by atoms with Crippen molar-refractivity contribution in [1.82, 2.24) is 0 Å². The largest absolute Gasteiger partial charge is 0.458 e. The topological polar surface area (TPSA) is 80.7 Å². The lowest BCUT2D eigenvalue weighted by Crippen LogP contribution is -2.58. The van der Waals surface area contributed by atoms with Gasteiger partial charge < -0.3 is 9.84 Å². The van der Waals surface area contributed by atoms with Gasteiger partial charge in [0.15, 0.2) is 11.6 Å². The van der Waals surface area contributed by atoms with Gasteiger partial charge >= 0.3 is 5.97 Å². The third-order valence-electron chi connectivity index (χ3n) is 10.6. The summed E-state index contributed by atoms with van der Waals surface area (Å²) in [5.74, 6) is 1.90. The summed E-state index contributed by atoms with van der Waals surface area (Å²) in [6, 6.07) is 0. The van der Waals surface area contributed by atoms with Gasteiger partial charge in [0.1, 0.15) is 6.61 Å². The summed E-state index contributed by atoms with van der Waals surface area (Å²) in [6.07, 6.45) is 11.0. The van der Waals surface area contributed by atoms with Crippen LogP contribution in [0, 0.1) is 46.3 Å². The number of fused-ring (bicyclic) bond motifs is 7. The van der Waals surface area contributed by atoms with Crippen LogP contribution in [0.5, 0.6) is 0 Å². The summed E-state index contributed by atoms with van der Waals surface area (Å²) >= 11 is 0. The highest BCUT2D eigenvalue weighted by atomic mass is 16.5. The standard InChI is InChI=1S/C29H42O5/c1-4-5-6-7-8-24(33)34-16-23(32)27-21-14-20(21)25-19-10-9-17-13-18(30)11-12-28(17,2)26(19)22(31)15-29(25,27)3/h13,19-22,25-27,31H,4-12,14-16H2,1-3H3/t19-,20-,21+,22-,25+,26+,27+,28-,29-/m0/s1. The molecule has 5 heteroatoms. The number of Topliss-reactive ketones (excluding diaryl/α,β-unsaturated/α-hetero) is 1. The molecule has 5 rings (SSSR count). The van der Waals surface area contributed by atoms with Crippen molar-refractivity contribution in [1.29, 1.82) is 0 Å². The molecule has 0 amide bonds. The predicted octanol–water partition coefficient (Wildman–Crippen LogP) is 5.04. The fourth-order valence-electron chi connectivity index (χ4n) is 9.28. The number of carbonyl (C=O) groups is 3. The van der Waals surface area contributed by atoms with Crippen molar-refractivity contribution in [3.05, 3.63) is 11.6 Å². The lowest BCUT2D eigenvalue weighted by atomic mass is 9.45. The van der Waals surface area contributed by atoms with E-state index in [0.29, 0.717) is 42.9 Å². The van der Waals surface area contributed by atoms with Gasteiger partial charge in [0, 0.05) is 18.8 Å². The van der Waals surface area contributed by atoms with Crippen molar-refractivity contribution >= 4 is 17.5 Å². The van der Waals surface area contributed by atoms with Gasteiger partial charge in [-0.2, -0.15) is 0 Å². The van der Waals surface area contributed by atoms with Gasteiger partial charge in [-0.1, -0.05) is 45.6 Å². The van der Waals surface area contributed by atoms with E-state index in [1.807, 2.05) is 6.08 Å². The average molecular weight is 471 g/mol. The van der Waals surface area contributed by atoms with E-state index in [2.05, 4.69) is 20.8 Å². The smallest absolute Gasteiger partial charge is 0.306 e. The Morgan fingerprint density at radius 1 is 1.09 bits per heavy atom. The van der Waals surface area contributed by atoms with E-state index in [0.717, 1.165) is 51.4 Å². The van der Waals surface area contributed by atoms with Crippen LogP contribution < -0.4 is 0 Å². The number of esters is 1. The first kappa shape index (κ1) is 24.2. The molecule has 0 saturated heterocycles. The van der Waals surface area contributed by atoms with Crippen LogP contribution in [0.15, 0.2) is 11.6 Å². The summed E-state index contributed by atoms with van der Waals surface area (Å²) in [5, 5.41) is 11.5. The molecule has 188 valence electrons. The van der Waals surface area contributed by atoms with E-state index in [9.17, 15) is 19.5 Å². The van der Waals surface area contributed by atoms with Gasteiger partial charge in [0.05, 0.1) is 6.10 Å². The number of carbonyl (C=O) groups excluding carboxylic acids is 3. The molecular formula is C29H42O5. The molecule has 5 nitrogen and oxygen atoms in total. The first-order valence-corrected chi connectivity index (χ1v) is 13.8. The average Bonchev–Trinajstić information content (AvgIpc) is 3.49. The molecule has 34 heavy (non-hydrogen) atoms. The highest BCUT2D eigenvalue weighted by Gasteiger charge is 2.72. The predicted molar refractivity (Wildman–Crippen MR) is 129 cm³/mol. The lowest BCUT2D eigenvalue weighted by Gasteiger charge is -2.60. The zero-order valence-electron chi connectivity index (χ0n) is 21.2. The van der Waals surface area contributed by atoms with E-state index in [1.165, 1.54) is 5.57 Å². The summed E-state index contributed by atoms with van der Waals surface area (Å²) in [6.45, 7) is 6.54. The second-order valence-electron chi connectivity index (χ2n) is 12.6. The summed E-state index contributed by atoms with van der Waals surface area (Å²) < 4.78 is 5.43. The van der Waals surface area contributed by atoms with Crippen LogP contribution in [0.2, 0.25) is 0 Å². The Hall–Kier alpha value is -1.49. The quantitative estimate of drug-likeness (QED) is 0.397. The van der Waals surface area contributed by atoms with Gasteiger partial charge in [-0.05, 0) is 85.0 Å². The molecule has 0 unspecified atom stereocenters. The molecule has 9 atom stereocenters. The van der Waals surface area contributed by atoms with Crippen LogP contribution in [-0.2, 0) is 19.1 Å². The Kier molecular flexibility index (Phi) is 6.32. The first-order valence-electron chi connectivity index (χ1n) is 13.8. The molecule has 0 radical (unpaired) electrons. The number of ether oxygens (including phenoxy) is 1. The third kappa shape index (κ3) is 3.81. The Morgan fingerprint density at radius 2 is 1.88 bits per heavy atom. The lowest BCUT2D eigenvalue weighted by molar-refractivity contribution is -0.158. The van der Waals surface area contributed by atoms with Crippen LogP contribution >= 0.6 is 0 Å². The Bertz CT molecular complexity index is 891. The molecule has 5 aliphatic carbocycles. The van der Waals surface area contributed by atoms with Crippen molar-refractivity contribution in [2.75, 3.05) is 6.61 Å². The zero-order valence-corrected chi connectivity index (χ0v) is 21.2. The molecule has 0 aliphatic heterocycles. The summed E-state index contributed by atoms with van der Waals surface area (Å²) in [7, 11) is 0. The van der Waals surface area contributed by atoms with Crippen molar-refractivity contribution in [3.8, 4) is 0 Å². The molecule has 0 heterocycles. The number of allylic oxidation sites excluding steroid dienone is 1. The second kappa shape index (κ2) is 8.87. The number of unbranched alkanes of at least 4 members (excludes halogenated alkanes) is 3. The van der Waals surface area contributed by atoms with Crippen LogP contribution in [0.25, 0.3) is 0 Å². The molecule has 0 bridgehead atoms. The maximum absolute atomic E-state index is 13.4. The number of hydrogen-bond acceptors (Lipinski definition) is 5. The summed E-state index contributed by atoms with van der Waals surface area (Å²) in [5.41, 5.74) is 0.926. The third-order valence-corrected chi connectivity index (χ3v) is 10.6. The van der Waals surface area contributed by atoms with Crippen molar-refractivity contribution in [3.63, 3.8) is 0 Å². The van der Waals surface area contributed by atoms with E-state index >= 15 is 0 Å². The van der Waals surface area contributed by atoms with Crippen molar-refractivity contribution in [2.24, 2.45) is 46.3 Å². The molecule has 0 aromatic carbocycles. The Morgan fingerprint density at radius 3 is 2.65 bits per heavy atom. The maximum Gasteiger partial charge on any atom is 0.306 e. The van der Waals surface area contributed by atoms with E-state index < -0.39 is 6.10 Å². The normalized spacial score (nSPS) is 44.3. The number of hydrogen-bond donors (Lipinski definition) is 1. The highest BCUT2D eigenvalue weighted by Crippen LogP contribution is 2.75. The monoisotopic (exact) mass is 470 g/mol. The number of rotatable bonds is 8. The SMILES string of the molecule is CCCCCCC(=O)OCC(=O)[C@H]1[C@@H]2C[C@@H]2[C@H]2[C@@H]3CCC4=CC(=O)CC[C@]4(C)[C@H]3[C@@H](O)C[C@@]21C. The summed E-state index contributed by atoms with van der Waals surface area (Å²) in [4.78, 5) is 37.7. The van der Waals surface area contributed by atoms with Crippen LogP contribution in [0.4, 0.5) is 0 Å². The minimum atomic E-state index is -0.456. The molecule has 4 fully saturated rings. The molecular weight excluding hydrogens is 428 g/mol. The van der Waals surface area contributed by atoms with Gasteiger partial charge in [-0.15, -0.1) is 0 Å².